The number of hydrogen-bond donors (Lipinski definition) is 1. The van der Waals surface area contributed by atoms with E-state index >= 15 is 0 Å². The molecule has 0 radical (unpaired) electrons. The van der Waals surface area contributed by atoms with Crippen molar-refractivity contribution in [2.24, 2.45) is 14.1 Å². The SMILES string of the molecule is COc1ccccc1-c1nc2cc(C(=O)N3CCCC[C@@H]3c3nccn3C)cc(NC(C)=O)c2n1C. The van der Waals surface area contributed by atoms with Crippen molar-refractivity contribution in [3.05, 3.63) is 60.2 Å². The number of nitrogens with one attached hydrogen (secondary N) is 1. The monoisotopic (exact) mass is 486 g/mol. The van der Waals surface area contributed by atoms with Gasteiger partial charge in [-0.3, -0.25) is 9.59 Å². The van der Waals surface area contributed by atoms with Gasteiger partial charge in [-0.2, -0.15) is 0 Å². The summed E-state index contributed by atoms with van der Waals surface area (Å²) in [5, 5.41) is 2.91. The lowest BCUT2D eigenvalue weighted by atomic mass is 9.99. The van der Waals surface area contributed by atoms with E-state index in [4.69, 9.17) is 9.72 Å². The molecule has 9 nitrogen and oxygen atoms in total. The summed E-state index contributed by atoms with van der Waals surface area (Å²) in [4.78, 5) is 37.3. The van der Waals surface area contributed by atoms with Crippen LogP contribution in [0.4, 0.5) is 5.69 Å². The largest absolute Gasteiger partial charge is 0.496 e. The zero-order chi connectivity index (χ0) is 25.4. The summed E-state index contributed by atoms with van der Waals surface area (Å²) in [5.41, 5.74) is 3.22. The highest BCUT2D eigenvalue weighted by molar-refractivity contribution is 6.06. The minimum absolute atomic E-state index is 0.0966. The molecule has 1 aliphatic heterocycles. The second-order valence-corrected chi connectivity index (χ2v) is 9.17. The Kier molecular flexibility index (Phi) is 6.22. The fraction of sp³-hybridized carbons (Fsp3) is 0.333. The van der Waals surface area contributed by atoms with Gasteiger partial charge in [0.2, 0.25) is 5.91 Å². The van der Waals surface area contributed by atoms with Gasteiger partial charge in [-0.25, -0.2) is 9.97 Å². The van der Waals surface area contributed by atoms with E-state index in [1.165, 1.54) is 6.92 Å². The summed E-state index contributed by atoms with van der Waals surface area (Å²) in [7, 11) is 5.47. The molecule has 1 fully saturated rings. The number of para-hydroxylation sites is 1. The van der Waals surface area contributed by atoms with Crippen molar-refractivity contribution in [2.75, 3.05) is 19.0 Å². The first-order chi connectivity index (χ1) is 17.4. The number of likely N-dealkylation sites (tertiary alicyclic amines) is 1. The normalized spacial score (nSPS) is 15.8. The fourth-order valence-electron chi connectivity index (χ4n) is 5.14. The van der Waals surface area contributed by atoms with E-state index in [1.54, 1.807) is 19.4 Å². The number of ether oxygens (including phenoxy) is 1. The molecule has 186 valence electrons. The van der Waals surface area contributed by atoms with Crippen molar-refractivity contribution in [1.29, 1.82) is 0 Å². The maximum absolute atomic E-state index is 13.9. The van der Waals surface area contributed by atoms with Crippen molar-refractivity contribution >= 4 is 28.5 Å². The third kappa shape index (κ3) is 4.10. The number of amides is 2. The molecule has 2 amide bonds. The van der Waals surface area contributed by atoms with Crippen LogP contribution in [0.1, 0.15) is 48.4 Å². The smallest absolute Gasteiger partial charge is 0.254 e. The lowest BCUT2D eigenvalue weighted by molar-refractivity contribution is -0.114. The van der Waals surface area contributed by atoms with Gasteiger partial charge >= 0.3 is 0 Å². The lowest BCUT2D eigenvalue weighted by Crippen LogP contribution is -2.39. The van der Waals surface area contributed by atoms with Gasteiger partial charge in [0.15, 0.2) is 0 Å². The number of benzene rings is 2. The number of methoxy groups -OCH3 is 1. The summed E-state index contributed by atoms with van der Waals surface area (Å²) >= 11 is 0. The Balaban J connectivity index is 1.63. The first kappa shape index (κ1) is 23.6. The highest BCUT2D eigenvalue weighted by Crippen LogP contribution is 2.36. The van der Waals surface area contributed by atoms with Crippen LogP contribution in [-0.2, 0) is 18.9 Å². The molecule has 0 spiro atoms. The number of hydrogen-bond acceptors (Lipinski definition) is 5. The maximum Gasteiger partial charge on any atom is 0.254 e. The highest BCUT2D eigenvalue weighted by atomic mass is 16.5. The molecule has 1 aliphatic rings. The summed E-state index contributed by atoms with van der Waals surface area (Å²) in [6, 6.07) is 11.1. The average Bonchev–Trinajstić information content (AvgIpc) is 3.45. The summed E-state index contributed by atoms with van der Waals surface area (Å²) in [6.45, 7) is 2.11. The molecule has 36 heavy (non-hydrogen) atoms. The molecule has 1 saturated heterocycles. The minimum Gasteiger partial charge on any atom is -0.496 e. The molecular weight excluding hydrogens is 456 g/mol. The summed E-state index contributed by atoms with van der Waals surface area (Å²) in [5.74, 6) is 1.94. The van der Waals surface area contributed by atoms with Crippen LogP contribution < -0.4 is 10.1 Å². The van der Waals surface area contributed by atoms with Crippen LogP contribution in [0.5, 0.6) is 5.75 Å². The number of nitrogens with zero attached hydrogens (tertiary/aromatic N) is 5. The molecule has 0 saturated carbocycles. The van der Waals surface area contributed by atoms with Crippen LogP contribution in [0.25, 0.3) is 22.4 Å². The molecule has 0 aliphatic carbocycles. The van der Waals surface area contributed by atoms with Gasteiger partial charge in [0, 0.05) is 45.5 Å². The predicted molar refractivity (Wildman–Crippen MR) is 138 cm³/mol. The zero-order valence-electron chi connectivity index (χ0n) is 21.0. The van der Waals surface area contributed by atoms with Gasteiger partial charge in [-0.1, -0.05) is 12.1 Å². The van der Waals surface area contributed by atoms with E-state index in [0.717, 1.165) is 36.2 Å². The van der Waals surface area contributed by atoms with E-state index in [9.17, 15) is 9.59 Å². The van der Waals surface area contributed by atoms with Crippen LogP contribution >= 0.6 is 0 Å². The molecule has 2 aromatic heterocycles. The van der Waals surface area contributed by atoms with E-state index in [-0.39, 0.29) is 17.9 Å². The number of carbonyl (C=O) groups is 2. The standard InChI is InChI=1S/C27H30N6O3/c1-17(34)29-20-15-18(27(35)33-13-8-7-10-22(33)26-28-12-14-31(26)2)16-21-24(20)32(3)25(30-21)19-9-5-6-11-23(19)36-4/h5-6,9,11-12,14-16,22H,7-8,10,13H2,1-4H3,(H,29,34)/t22-/m1/s1. The highest BCUT2D eigenvalue weighted by Gasteiger charge is 2.32. The number of imidazole rings is 2. The van der Waals surface area contributed by atoms with Gasteiger partial charge in [0.05, 0.1) is 35.4 Å². The Hall–Kier alpha value is -4.14. The second kappa shape index (κ2) is 9.49. The molecule has 2 aromatic carbocycles. The summed E-state index contributed by atoms with van der Waals surface area (Å²) < 4.78 is 9.45. The number of carbonyl (C=O) groups excluding carboxylic acids is 2. The van der Waals surface area contributed by atoms with Crippen LogP contribution in [0.3, 0.4) is 0 Å². The van der Waals surface area contributed by atoms with Crippen LogP contribution in [0.2, 0.25) is 0 Å². The average molecular weight is 487 g/mol. The van der Waals surface area contributed by atoms with E-state index < -0.39 is 0 Å². The van der Waals surface area contributed by atoms with Gasteiger partial charge in [0.1, 0.15) is 17.4 Å². The zero-order valence-corrected chi connectivity index (χ0v) is 21.0. The van der Waals surface area contributed by atoms with Gasteiger partial charge in [0.25, 0.3) is 5.91 Å². The number of fused-ring (bicyclic) bond motifs is 1. The molecule has 1 N–H and O–H groups in total. The van der Waals surface area contributed by atoms with Crippen molar-refractivity contribution < 1.29 is 14.3 Å². The molecule has 1 atom stereocenters. The van der Waals surface area contributed by atoms with Gasteiger partial charge in [-0.15, -0.1) is 0 Å². The second-order valence-electron chi connectivity index (χ2n) is 9.17. The molecule has 0 unspecified atom stereocenters. The van der Waals surface area contributed by atoms with Crippen molar-refractivity contribution in [1.82, 2.24) is 24.0 Å². The molecule has 5 rings (SSSR count). The first-order valence-electron chi connectivity index (χ1n) is 12.1. The Morgan fingerprint density at radius 3 is 2.67 bits per heavy atom. The molecular formula is C27H30N6O3. The molecule has 3 heterocycles. The van der Waals surface area contributed by atoms with Crippen LogP contribution in [0.15, 0.2) is 48.8 Å². The Morgan fingerprint density at radius 1 is 1.14 bits per heavy atom. The van der Waals surface area contributed by atoms with Crippen molar-refractivity contribution in [3.8, 4) is 17.1 Å². The number of rotatable bonds is 5. The molecule has 4 aromatic rings. The van der Waals surface area contributed by atoms with E-state index in [0.29, 0.717) is 34.9 Å². The topological polar surface area (TPSA) is 94.3 Å². The Morgan fingerprint density at radius 2 is 1.94 bits per heavy atom. The van der Waals surface area contributed by atoms with Gasteiger partial charge < -0.3 is 24.1 Å². The van der Waals surface area contributed by atoms with Gasteiger partial charge in [-0.05, 0) is 43.5 Å². The predicted octanol–water partition coefficient (Wildman–Crippen LogP) is 4.31. The van der Waals surface area contributed by atoms with Crippen molar-refractivity contribution in [2.45, 2.75) is 32.2 Å². The maximum atomic E-state index is 13.9. The minimum atomic E-state index is -0.218. The number of piperidine rings is 1. The lowest BCUT2D eigenvalue weighted by Gasteiger charge is -2.35. The number of anilines is 1. The first-order valence-corrected chi connectivity index (χ1v) is 12.1. The third-order valence-corrected chi connectivity index (χ3v) is 6.79. The van der Waals surface area contributed by atoms with Crippen LogP contribution in [0, 0.1) is 0 Å². The third-order valence-electron chi connectivity index (χ3n) is 6.79. The Labute approximate surface area is 209 Å². The number of aromatic nitrogens is 4. The van der Waals surface area contributed by atoms with E-state index in [2.05, 4.69) is 10.3 Å². The summed E-state index contributed by atoms with van der Waals surface area (Å²) in [6.07, 6.45) is 6.51. The Bertz CT molecular complexity index is 1450. The van der Waals surface area contributed by atoms with Crippen LogP contribution in [-0.4, -0.2) is 49.5 Å². The fourth-order valence-corrected chi connectivity index (χ4v) is 5.14. The van der Waals surface area contributed by atoms with E-state index in [1.807, 2.05) is 64.7 Å². The number of aryl methyl sites for hydroxylation is 2. The molecule has 0 bridgehead atoms. The quantitative estimate of drug-likeness (QED) is 0.454. The molecule has 9 heteroatoms. The van der Waals surface area contributed by atoms with Crippen molar-refractivity contribution in [3.63, 3.8) is 0 Å².